The number of allylic oxidation sites excluding steroid dienone is 29. The number of carbonyl (C=O) groups is 1. The Morgan fingerprint density at radius 1 is 0.374 bits per heavy atom. The van der Waals surface area contributed by atoms with E-state index in [1.807, 2.05) is 6.08 Å². The van der Waals surface area contributed by atoms with E-state index in [0.29, 0.717) is 12.8 Å². The lowest BCUT2D eigenvalue weighted by molar-refractivity contribution is -0.379. The molecule has 0 saturated carbocycles. The van der Waals surface area contributed by atoms with Gasteiger partial charge >= 0.3 is 0 Å². The summed E-state index contributed by atoms with van der Waals surface area (Å²) in [6.45, 7) is 1.49. The highest BCUT2D eigenvalue weighted by atomic mass is 16.8. The average Bonchev–Trinajstić information content (AvgIpc) is 0.785. The number of hydrogen-bond acceptors (Lipinski definition) is 18. The summed E-state index contributed by atoms with van der Waals surface area (Å²) in [7, 11) is 0. The van der Waals surface area contributed by atoms with Gasteiger partial charge in [0.25, 0.3) is 0 Å². The van der Waals surface area contributed by atoms with Gasteiger partial charge in [-0.05, 0) is 135 Å². The van der Waals surface area contributed by atoms with E-state index in [1.165, 1.54) is 19.3 Å². The SMILES string of the molecule is CC/C=C\C/C=C\C/C=C\C/C=C\C/C=C\C/C=C\C/C=C\C/C=C\C/C=C\C/C=C\C/C=C\C/C=C\CCCCCCC(=O)NC(COC1OC(CO)C(OC2OC(CO)C(OC3OC(CO)C(O)C(O)C3O)C(O)C2O)C(O)C1O)C(O)/C=C/CC/C=C/CC/C=C/CCCCC. The summed E-state index contributed by atoms with van der Waals surface area (Å²) in [5.41, 5.74) is 0. The van der Waals surface area contributed by atoms with Crippen molar-refractivity contribution in [1.29, 1.82) is 0 Å². The Balaban J connectivity index is 1.36. The molecule has 17 atom stereocenters. The van der Waals surface area contributed by atoms with Gasteiger partial charge in [0, 0.05) is 6.42 Å². The lowest BCUT2D eigenvalue weighted by atomic mass is 9.96. The van der Waals surface area contributed by atoms with Gasteiger partial charge in [0.05, 0.1) is 38.6 Å². The summed E-state index contributed by atoms with van der Waals surface area (Å²) in [4.78, 5) is 13.4. The van der Waals surface area contributed by atoms with Crippen molar-refractivity contribution in [3.8, 4) is 0 Å². The molecular formula is C80H125NO18. The lowest BCUT2D eigenvalue weighted by Crippen LogP contribution is -2.66. The van der Waals surface area contributed by atoms with Gasteiger partial charge < -0.3 is 89.9 Å². The fourth-order valence-electron chi connectivity index (χ4n) is 10.8. The monoisotopic (exact) mass is 1390 g/mol. The Kier molecular flexibility index (Phi) is 52.0. The smallest absolute Gasteiger partial charge is 0.220 e. The molecule has 0 radical (unpaired) electrons. The van der Waals surface area contributed by atoms with Crippen LogP contribution in [0, 0.1) is 0 Å². The summed E-state index contributed by atoms with van der Waals surface area (Å²) in [5.74, 6) is -0.324. The average molecular weight is 1390 g/mol. The summed E-state index contributed by atoms with van der Waals surface area (Å²) < 4.78 is 34.2. The first-order valence-electron chi connectivity index (χ1n) is 36.5. The van der Waals surface area contributed by atoms with Crippen LogP contribution < -0.4 is 5.32 Å². The number of aliphatic hydroxyl groups excluding tert-OH is 11. The molecule has 3 heterocycles. The Morgan fingerprint density at radius 3 is 1.12 bits per heavy atom. The predicted octanol–water partition coefficient (Wildman–Crippen LogP) is 10.8. The molecule has 12 N–H and O–H groups in total. The normalized spacial score (nSPS) is 27.7. The fraction of sp³-hybridized carbons (Fsp3) is 0.613. The highest BCUT2D eigenvalue weighted by Gasteiger charge is 2.53. The minimum absolute atomic E-state index is 0.189. The summed E-state index contributed by atoms with van der Waals surface area (Å²) in [6.07, 6.45) is 61.7. The molecule has 0 aliphatic carbocycles. The van der Waals surface area contributed by atoms with Crippen LogP contribution in [0.4, 0.5) is 0 Å². The van der Waals surface area contributed by atoms with E-state index in [1.54, 1.807) is 6.08 Å². The molecule has 19 heteroatoms. The second kappa shape index (κ2) is 58.4. The van der Waals surface area contributed by atoms with Gasteiger partial charge in [-0.2, -0.15) is 0 Å². The third-order valence-electron chi connectivity index (χ3n) is 16.7. The van der Waals surface area contributed by atoms with E-state index in [9.17, 15) is 61.0 Å². The van der Waals surface area contributed by atoms with E-state index >= 15 is 0 Å². The maximum atomic E-state index is 13.4. The second-order valence-corrected chi connectivity index (χ2v) is 24.9. The van der Waals surface area contributed by atoms with Crippen LogP contribution in [0.25, 0.3) is 0 Å². The molecular weight excluding hydrogens is 1260 g/mol. The van der Waals surface area contributed by atoms with Gasteiger partial charge in [-0.3, -0.25) is 4.79 Å². The van der Waals surface area contributed by atoms with Crippen LogP contribution in [0.2, 0.25) is 0 Å². The molecule has 558 valence electrons. The van der Waals surface area contributed by atoms with Gasteiger partial charge in [-0.25, -0.2) is 0 Å². The van der Waals surface area contributed by atoms with Gasteiger partial charge in [-0.15, -0.1) is 0 Å². The minimum atomic E-state index is -1.99. The molecule has 17 unspecified atom stereocenters. The van der Waals surface area contributed by atoms with Crippen LogP contribution in [-0.4, -0.2) is 193 Å². The highest BCUT2D eigenvalue weighted by molar-refractivity contribution is 5.76. The zero-order valence-corrected chi connectivity index (χ0v) is 59.1. The largest absolute Gasteiger partial charge is 0.394 e. The van der Waals surface area contributed by atoms with E-state index in [-0.39, 0.29) is 12.3 Å². The standard InChI is InChI=1S/C80H125NO18/c1-3-5-7-9-11-13-15-17-18-19-20-21-22-23-24-25-26-27-28-29-30-31-32-33-34-35-36-37-38-39-40-41-42-43-44-46-48-50-52-54-56-58-68(86)81-63(64(85)57-55-53-51-49-47-45-16-14-12-10-8-6-4-2)62-94-78-74(92)71(89)76(66(60-83)96-78)99-80-75(93)72(90)77(67(61-84)97-80)98-79-73(91)70(88)69(87)65(59-82)95-79/h5,7,11-14,17-18,20-21,23-24,26-27,29-30,32-33,35-36,38-39,41-42,44,46-47,49,55,57,63-67,69-80,82-85,87-93H,3-4,6,8-10,15-16,19,22,25,28,31,34,37,40,43,45,48,50-54,56,58-62H2,1-2H3,(H,81,86)/b7-5-,13-11-,14-12+,18-17-,21-20-,24-23-,27-26-,30-29-,33-32-,36-35-,39-38-,42-41-,46-44-,49-47+,57-55+. The third kappa shape index (κ3) is 39.2. The van der Waals surface area contributed by atoms with Crippen molar-refractivity contribution < 1.29 is 89.4 Å². The van der Waals surface area contributed by atoms with Crippen molar-refractivity contribution >= 4 is 5.91 Å². The Hall–Kier alpha value is -5.11. The zero-order chi connectivity index (χ0) is 71.8. The van der Waals surface area contributed by atoms with Crippen LogP contribution in [0.5, 0.6) is 0 Å². The van der Waals surface area contributed by atoms with Crippen LogP contribution in [0.1, 0.15) is 181 Å². The number of rotatable bonds is 53. The first-order valence-corrected chi connectivity index (χ1v) is 36.5. The summed E-state index contributed by atoms with van der Waals surface area (Å²) in [6, 6.07) is -1.02. The maximum Gasteiger partial charge on any atom is 0.220 e. The van der Waals surface area contributed by atoms with Gasteiger partial charge in [0.1, 0.15) is 73.2 Å². The molecule has 99 heavy (non-hydrogen) atoms. The van der Waals surface area contributed by atoms with Crippen molar-refractivity contribution in [3.63, 3.8) is 0 Å². The van der Waals surface area contributed by atoms with E-state index in [2.05, 4.69) is 189 Å². The molecule has 3 saturated heterocycles. The van der Waals surface area contributed by atoms with Crippen molar-refractivity contribution in [3.05, 3.63) is 182 Å². The van der Waals surface area contributed by atoms with Crippen molar-refractivity contribution in [2.24, 2.45) is 0 Å². The van der Waals surface area contributed by atoms with Gasteiger partial charge in [0.15, 0.2) is 18.9 Å². The van der Waals surface area contributed by atoms with Crippen LogP contribution in [0.3, 0.4) is 0 Å². The molecule has 0 aromatic heterocycles. The molecule has 3 rings (SSSR count). The molecule has 0 spiro atoms. The molecule has 1 amide bonds. The number of amides is 1. The molecule has 0 bridgehead atoms. The number of hydrogen-bond donors (Lipinski definition) is 12. The van der Waals surface area contributed by atoms with Crippen LogP contribution >= 0.6 is 0 Å². The lowest BCUT2D eigenvalue weighted by Gasteiger charge is -2.48. The Morgan fingerprint density at radius 2 is 0.707 bits per heavy atom. The Bertz CT molecular complexity index is 2510. The first-order chi connectivity index (χ1) is 48.3. The third-order valence-corrected chi connectivity index (χ3v) is 16.7. The Labute approximate surface area is 591 Å². The fourth-order valence-corrected chi connectivity index (χ4v) is 10.8. The van der Waals surface area contributed by atoms with E-state index < -0.39 is 131 Å². The van der Waals surface area contributed by atoms with Gasteiger partial charge in [-0.1, -0.05) is 222 Å². The zero-order valence-electron chi connectivity index (χ0n) is 59.1. The number of ether oxygens (including phenoxy) is 6. The predicted molar refractivity (Wildman–Crippen MR) is 391 cm³/mol. The molecule has 3 aliphatic rings. The van der Waals surface area contributed by atoms with Crippen molar-refractivity contribution in [2.45, 2.75) is 285 Å². The molecule has 3 aliphatic heterocycles. The molecule has 19 nitrogen and oxygen atoms in total. The van der Waals surface area contributed by atoms with Crippen LogP contribution in [0.15, 0.2) is 182 Å². The first kappa shape index (κ1) is 88.1. The molecule has 3 fully saturated rings. The minimum Gasteiger partial charge on any atom is -0.394 e. The summed E-state index contributed by atoms with van der Waals surface area (Å²) >= 11 is 0. The quantitative estimate of drug-likeness (QED) is 0.0199. The molecule has 0 aromatic carbocycles. The number of nitrogens with one attached hydrogen (secondary N) is 1. The van der Waals surface area contributed by atoms with E-state index in [0.717, 1.165) is 128 Å². The molecule has 0 aromatic rings. The van der Waals surface area contributed by atoms with Gasteiger partial charge in [0.2, 0.25) is 5.91 Å². The summed E-state index contributed by atoms with van der Waals surface area (Å²) in [5, 5.41) is 120. The number of aliphatic hydroxyl groups is 11. The number of carbonyl (C=O) groups excluding carboxylic acids is 1. The van der Waals surface area contributed by atoms with E-state index in [4.69, 9.17) is 28.4 Å². The van der Waals surface area contributed by atoms with Crippen molar-refractivity contribution in [1.82, 2.24) is 5.32 Å². The highest BCUT2D eigenvalue weighted by Crippen LogP contribution is 2.33. The topological polar surface area (TPSA) is 307 Å². The second-order valence-electron chi connectivity index (χ2n) is 24.9. The maximum absolute atomic E-state index is 13.4. The van der Waals surface area contributed by atoms with Crippen LogP contribution in [-0.2, 0) is 33.2 Å². The van der Waals surface area contributed by atoms with Crippen molar-refractivity contribution in [2.75, 3.05) is 26.4 Å². The number of unbranched alkanes of at least 4 members (excludes halogenated alkanes) is 9.